The Morgan fingerprint density at radius 2 is 0.667 bits per heavy atom. The van der Waals surface area contributed by atoms with Crippen LogP contribution in [0.4, 0.5) is 25.2 Å². The average Bonchev–Trinajstić information content (AvgIpc) is 3.26. The van der Waals surface area contributed by atoms with Gasteiger partial charge in [-0.15, -0.1) is 7.92 Å². The van der Waals surface area contributed by atoms with Gasteiger partial charge in [-0.25, -0.2) is 0 Å². The summed E-state index contributed by atoms with van der Waals surface area (Å²) >= 11 is 0. The van der Waals surface area contributed by atoms with Gasteiger partial charge in [0.05, 0.1) is 0 Å². The molecular weight excluding hydrogens is 488 g/mol. The molecular formula is C18H30F6MoP2. The summed E-state index contributed by atoms with van der Waals surface area (Å²) in [5, 5.41) is 0. The van der Waals surface area contributed by atoms with Crippen LogP contribution in [0.2, 0.25) is 0 Å². The number of hydrogen-bond donors (Lipinski definition) is 0. The van der Waals surface area contributed by atoms with Crippen molar-refractivity contribution in [2.24, 2.45) is 0 Å². The van der Waals surface area contributed by atoms with Gasteiger partial charge in [-0.05, 0) is 82.7 Å². The zero-order valence-electron chi connectivity index (χ0n) is 16.2. The number of rotatable bonds is 3. The van der Waals surface area contributed by atoms with Crippen molar-refractivity contribution in [1.29, 1.82) is 0 Å². The van der Waals surface area contributed by atoms with Crippen molar-refractivity contribution < 1.29 is 46.2 Å². The average molecular weight is 518 g/mol. The third-order valence-corrected chi connectivity index (χ3v) is 5.14. The van der Waals surface area contributed by atoms with E-state index in [-0.39, 0.29) is 21.1 Å². The van der Waals surface area contributed by atoms with Crippen LogP contribution in [0.15, 0.2) is 0 Å². The van der Waals surface area contributed by atoms with Gasteiger partial charge in [0.2, 0.25) is 0 Å². The molecule has 0 saturated heterocycles. The molecule has 0 unspecified atom stereocenters. The standard InChI is InChI=1S/C6H15P.2C5H5.C2H5.F6P.Mo/c1-4-7(5-2)6-3;2*1-2-4-5-3-1;1-2;1-7(2,3,4,5)6;/h4-6H2,1-3H3;2*1-5H;1H2,2H3;;/q;;;2*-1;+2. The first-order valence-electron chi connectivity index (χ1n) is 8.12. The van der Waals surface area contributed by atoms with E-state index in [1.165, 1.54) is 18.5 Å². The third-order valence-electron chi connectivity index (χ3n) is 2.45. The first-order valence-corrected chi connectivity index (χ1v) is 12.1. The van der Waals surface area contributed by atoms with Gasteiger partial charge in [0.15, 0.2) is 0 Å². The number of hydrogen-bond acceptors (Lipinski definition) is 0. The van der Waals surface area contributed by atoms with E-state index >= 15 is 0 Å². The van der Waals surface area contributed by atoms with E-state index in [0.29, 0.717) is 7.92 Å². The third kappa shape index (κ3) is 58.4. The minimum atomic E-state index is -10.7. The predicted octanol–water partition coefficient (Wildman–Crippen LogP) is 8.79. The molecule has 27 heavy (non-hydrogen) atoms. The van der Waals surface area contributed by atoms with Crippen LogP contribution in [0, 0.1) is 71.1 Å². The van der Waals surface area contributed by atoms with E-state index in [0.717, 1.165) is 0 Å². The summed E-state index contributed by atoms with van der Waals surface area (Å²) in [6.45, 7) is 11.9. The molecule has 0 heterocycles. The summed E-state index contributed by atoms with van der Waals surface area (Å²) in [7, 11) is -10.2. The second-order valence-electron chi connectivity index (χ2n) is 4.50. The fourth-order valence-electron chi connectivity index (χ4n) is 1.31. The van der Waals surface area contributed by atoms with E-state index in [2.05, 4.69) is 27.7 Å². The van der Waals surface area contributed by atoms with Crippen LogP contribution in [-0.4, -0.2) is 18.5 Å². The molecule has 2 aliphatic rings. The van der Waals surface area contributed by atoms with Crippen LogP contribution in [0.1, 0.15) is 27.7 Å². The molecule has 0 nitrogen and oxygen atoms in total. The fourth-order valence-corrected chi connectivity index (χ4v) is 2.65. The summed E-state index contributed by atoms with van der Waals surface area (Å²) in [6, 6.07) is 0. The van der Waals surface area contributed by atoms with Crippen LogP contribution in [0.3, 0.4) is 0 Å². The molecule has 2 aliphatic carbocycles. The van der Waals surface area contributed by atoms with E-state index in [9.17, 15) is 25.2 Å². The van der Waals surface area contributed by atoms with Crippen LogP contribution >= 0.6 is 15.7 Å². The first-order chi connectivity index (χ1) is 11.8. The normalized spacial score (nSPS) is 17.8. The van der Waals surface area contributed by atoms with Gasteiger partial charge in [0.1, 0.15) is 0 Å². The molecule has 0 aromatic rings. The summed E-state index contributed by atoms with van der Waals surface area (Å²) in [5.74, 6) is 0. The molecule has 0 spiro atoms. The van der Waals surface area contributed by atoms with Crippen molar-refractivity contribution in [3.8, 4) is 0 Å². The van der Waals surface area contributed by atoms with Crippen molar-refractivity contribution >= 4 is 15.7 Å². The molecule has 2 fully saturated rings. The zero-order valence-corrected chi connectivity index (χ0v) is 20.0. The second kappa shape index (κ2) is 17.9. The largest absolute Gasteiger partial charge is 2.00 e. The SMILES string of the molecule is CCP(CC)CC.F[P-](F)(F)(F)(F)F.[CH2-]C.[CH]1[CH][CH][CH][CH]1.[CH]1[CH][CH][CH][CH]1.[Mo+2]. The monoisotopic (exact) mass is 520 g/mol. The molecule has 0 aromatic carbocycles. The summed E-state index contributed by atoms with van der Waals surface area (Å²) in [4.78, 5) is 0. The van der Waals surface area contributed by atoms with Gasteiger partial charge < -0.3 is 6.92 Å². The molecule has 9 heteroatoms. The zero-order chi connectivity index (χ0) is 21.2. The summed E-state index contributed by atoms with van der Waals surface area (Å²) in [5.41, 5.74) is 0. The molecule has 2 rings (SSSR count). The fraction of sp³-hybridized carbons (Fsp3) is 0.389. The predicted molar refractivity (Wildman–Crippen MR) is 106 cm³/mol. The Morgan fingerprint density at radius 3 is 0.704 bits per heavy atom. The minimum Gasteiger partial charge on any atom is -0.346 e. The van der Waals surface area contributed by atoms with Crippen molar-refractivity contribution in [3.63, 3.8) is 0 Å². The molecule has 0 aromatic heterocycles. The van der Waals surface area contributed by atoms with Crippen molar-refractivity contribution in [3.05, 3.63) is 71.1 Å². The van der Waals surface area contributed by atoms with Gasteiger partial charge in [0, 0.05) is 0 Å². The van der Waals surface area contributed by atoms with Gasteiger partial charge >= 0.3 is 54.1 Å². The van der Waals surface area contributed by atoms with Crippen molar-refractivity contribution in [2.75, 3.05) is 18.5 Å². The molecule has 0 bridgehead atoms. The van der Waals surface area contributed by atoms with Crippen LogP contribution in [-0.2, 0) is 21.1 Å². The topological polar surface area (TPSA) is 0 Å². The molecule has 10 radical (unpaired) electrons. The van der Waals surface area contributed by atoms with E-state index < -0.39 is 7.81 Å². The molecule has 160 valence electrons. The maximum absolute atomic E-state index is 10.7. The van der Waals surface area contributed by atoms with E-state index in [1.807, 2.05) is 64.2 Å². The molecule has 2 saturated carbocycles. The smallest absolute Gasteiger partial charge is 0.346 e. The van der Waals surface area contributed by atoms with Crippen LogP contribution in [0.25, 0.3) is 0 Å². The molecule has 0 N–H and O–H groups in total. The Morgan fingerprint density at radius 1 is 0.556 bits per heavy atom. The first kappa shape index (κ1) is 35.6. The van der Waals surface area contributed by atoms with Crippen molar-refractivity contribution in [1.82, 2.24) is 0 Å². The van der Waals surface area contributed by atoms with E-state index in [1.54, 1.807) is 6.92 Å². The Kier molecular flexibility index (Phi) is 23.6. The van der Waals surface area contributed by atoms with Crippen LogP contribution < -0.4 is 0 Å². The Hall–Kier alpha value is 1.13. The van der Waals surface area contributed by atoms with Gasteiger partial charge in [-0.1, -0.05) is 20.8 Å². The summed E-state index contributed by atoms with van der Waals surface area (Å²) < 4.78 is 59.2. The van der Waals surface area contributed by atoms with E-state index in [4.69, 9.17) is 0 Å². The minimum absolute atomic E-state index is 0. The quantitative estimate of drug-likeness (QED) is 0.152. The second-order valence-corrected chi connectivity index (χ2v) is 9.66. The Balaban J connectivity index is -0.000000126. The maximum Gasteiger partial charge on any atom is 2.00 e. The summed E-state index contributed by atoms with van der Waals surface area (Å²) in [6.07, 6.45) is 24.3. The molecule has 0 atom stereocenters. The van der Waals surface area contributed by atoms with Gasteiger partial charge in [-0.3, -0.25) is 0 Å². The maximum atomic E-state index is 9.87. The van der Waals surface area contributed by atoms with Gasteiger partial charge in [0.25, 0.3) is 0 Å². The van der Waals surface area contributed by atoms with Crippen LogP contribution in [0.5, 0.6) is 0 Å². The Labute approximate surface area is 179 Å². The Bertz CT molecular complexity index is 242. The number of halogens is 6. The molecule has 0 amide bonds. The van der Waals surface area contributed by atoms with Gasteiger partial charge in [-0.2, -0.15) is 6.92 Å². The van der Waals surface area contributed by atoms with Crippen molar-refractivity contribution in [2.45, 2.75) is 27.7 Å². The molecule has 0 aliphatic heterocycles.